The van der Waals surface area contributed by atoms with Crippen molar-refractivity contribution in [2.24, 2.45) is 0 Å². The maximum atomic E-state index is 13.0. The van der Waals surface area contributed by atoms with Crippen LogP contribution in [0, 0.1) is 0 Å². The highest BCUT2D eigenvalue weighted by molar-refractivity contribution is 7.86. The largest absolute Gasteiger partial charge is 0.493 e. The highest BCUT2D eigenvalue weighted by Crippen LogP contribution is 2.33. The van der Waals surface area contributed by atoms with Crippen LogP contribution in [0.25, 0.3) is 0 Å². The van der Waals surface area contributed by atoms with Gasteiger partial charge in [0, 0.05) is 5.56 Å². The lowest BCUT2D eigenvalue weighted by Crippen LogP contribution is -2.14. The van der Waals surface area contributed by atoms with Gasteiger partial charge in [-0.15, -0.1) is 3.89 Å². The van der Waals surface area contributed by atoms with Crippen molar-refractivity contribution in [1.82, 2.24) is 0 Å². The predicted molar refractivity (Wildman–Crippen MR) is 69.2 cm³/mol. The first-order valence-corrected chi connectivity index (χ1v) is 7.26. The molecule has 0 aliphatic heterocycles. The van der Waals surface area contributed by atoms with Gasteiger partial charge < -0.3 is 4.74 Å². The highest BCUT2D eigenvalue weighted by Gasteiger charge is 2.23. The molecular formula is C13H19FO3S. The average Bonchev–Trinajstić information content (AvgIpc) is 2.23. The van der Waals surface area contributed by atoms with Crippen LogP contribution in [0.2, 0.25) is 0 Å². The first-order valence-electron chi connectivity index (χ1n) is 5.88. The first kappa shape index (κ1) is 15.0. The molecule has 0 atom stereocenters. The Bertz CT molecular complexity index is 516. The Kier molecular flexibility index (Phi) is 4.37. The van der Waals surface area contributed by atoms with E-state index in [1.807, 2.05) is 27.7 Å². The smallest absolute Gasteiger partial charge is 0.332 e. The summed E-state index contributed by atoms with van der Waals surface area (Å²) in [6.45, 7) is 8.31. The summed E-state index contributed by atoms with van der Waals surface area (Å²) >= 11 is 0. The van der Waals surface area contributed by atoms with Gasteiger partial charge in [0.1, 0.15) is 5.75 Å². The van der Waals surface area contributed by atoms with E-state index in [1.54, 1.807) is 0 Å². The number of benzene rings is 1. The van der Waals surface area contributed by atoms with Crippen molar-refractivity contribution < 1.29 is 17.0 Å². The summed E-state index contributed by atoms with van der Waals surface area (Å²) in [5.74, 6) is 0.608. The molecule has 0 unspecified atom stereocenters. The van der Waals surface area contributed by atoms with Gasteiger partial charge in [0.25, 0.3) is 0 Å². The van der Waals surface area contributed by atoms with E-state index < -0.39 is 10.2 Å². The summed E-state index contributed by atoms with van der Waals surface area (Å²) in [6, 6.07) is 4.10. The molecule has 1 rings (SSSR count). The van der Waals surface area contributed by atoms with Crippen molar-refractivity contribution >= 4 is 10.2 Å². The summed E-state index contributed by atoms with van der Waals surface area (Å²) in [6.07, 6.45) is 0.854. The topological polar surface area (TPSA) is 43.4 Å². The predicted octanol–water partition coefficient (Wildman–Crippen LogP) is 3.43. The SMILES string of the molecule is CCCOc1ccc(S(=O)(=O)F)cc1C(C)(C)C. The van der Waals surface area contributed by atoms with Crippen LogP contribution in [0.15, 0.2) is 23.1 Å². The molecule has 0 heterocycles. The fourth-order valence-corrected chi connectivity index (χ4v) is 2.07. The van der Waals surface area contributed by atoms with Gasteiger partial charge in [0.15, 0.2) is 0 Å². The molecule has 0 saturated heterocycles. The Balaban J connectivity index is 3.30. The van der Waals surface area contributed by atoms with Gasteiger partial charge in [0.05, 0.1) is 11.5 Å². The van der Waals surface area contributed by atoms with Crippen LogP contribution in [0.4, 0.5) is 3.89 Å². The Morgan fingerprint density at radius 1 is 1.28 bits per heavy atom. The minimum atomic E-state index is -4.68. The molecule has 5 heteroatoms. The summed E-state index contributed by atoms with van der Waals surface area (Å²) < 4.78 is 40.4. The first-order chi connectivity index (χ1) is 8.16. The summed E-state index contributed by atoms with van der Waals surface area (Å²) in [4.78, 5) is -0.323. The third-order valence-electron chi connectivity index (χ3n) is 2.50. The fraction of sp³-hybridized carbons (Fsp3) is 0.538. The number of hydrogen-bond acceptors (Lipinski definition) is 3. The zero-order valence-corrected chi connectivity index (χ0v) is 12.0. The van der Waals surface area contributed by atoms with Crippen LogP contribution in [0.3, 0.4) is 0 Å². The summed E-state index contributed by atoms with van der Waals surface area (Å²) in [5, 5.41) is 0. The molecule has 0 spiro atoms. The molecule has 3 nitrogen and oxygen atoms in total. The molecule has 0 N–H and O–H groups in total. The monoisotopic (exact) mass is 274 g/mol. The van der Waals surface area contributed by atoms with E-state index in [1.165, 1.54) is 18.2 Å². The zero-order valence-electron chi connectivity index (χ0n) is 11.2. The second kappa shape index (κ2) is 5.26. The molecule has 0 fully saturated rings. The molecule has 0 aliphatic carbocycles. The van der Waals surface area contributed by atoms with Gasteiger partial charge in [-0.25, -0.2) is 0 Å². The van der Waals surface area contributed by atoms with Crippen molar-refractivity contribution in [3.63, 3.8) is 0 Å². The van der Waals surface area contributed by atoms with Crippen molar-refractivity contribution in [2.75, 3.05) is 6.61 Å². The maximum absolute atomic E-state index is 13.0. The zero-order chi connectivity index (χ0) is 14.0. The van der Waals surface area contributed by atoms with E-state index >= 15 is 0 Å². The average molecular weight is 274 g/mol. The van der Waals surface area contributed by atoms with Crippen molar-refractivity contribution in [3.8, 4) is 5.75 Å². The molecule has 0 aromatic heterocycles. The molecule has 1 aromatic carbocycles. The number of hydrogen-bond donors (Lipinski definition) is 0. The van der Waals surface area contributed by atoms with E-state index in [-0.39, 0.29) is 10.3 Å². The molecule has 0 saturated carbocycles. The molecule has 1 aromatic rings. The molecule has 0 radical (unpaired) electrons. The number of ether oxygens (including phenoxy) is 1. The highest BCUT2D eigenvalue weighted by atomic mass is 32.3. The van der Waals surface area contributed by atoms with Crippen LogP contribution in [0.1, 0.15) is 39.7 Å². The van der Waals surface area contributed by atoms with Crippen LogP contribution in [0.5, 0.6) is 5.75 Å². The number of rotatable bonds is 4. The van der Waals surface area contributed by atoms with Crippen LogP contribution >= 0.6 is 0 Å². The minimum absolute atomic E-state index is 0.316. The summed E-state index contributed by atoms with van der Waals surface area (Å²) in [5.41, 5.74) is 0.374. The van der Waals surface area contributed by atoms with Crippen molar-refractivity contribution in [3.05, 3.63) is 23.8 Å². The standard InChI is InChI=1S/C13H19FO3S/c1-5-8-17-12-7-6-10(18(14,15)16)9-11(12)13(2,3)4/h6-7,9H,5,8H2,1-4H3. The van der Waals surface area contributed by atoms with E-state index in [0.29, 0.717) is 17.9 Å². The Hall–Kier alpha value is -1.10. The van der Waals surface area contributed by atoms with Crippen molar-refractivity contribution in [2.45, 2.75) is 44.4 Å². The third kappa shape index (κ3) is 3.70. The Labute approximate surface area is 108 Å². The van der Waals surface area contributed by atoms with Gasteiger partial charge in [0.2, 0.25) is 0 Å². The van der Waals surface area contributed by atoms with Gasteiger partial charge >= 0.3 is 10.2 Å². The van der Waals surface area contributed by atoms with E-state index in [4.69, 9.17) is 4.74 Å². The van der Waals surface area contributed by atoms with E-state index in [9.17, 15) is 12.3 Å². The molecular weight excluding hydrogens is 255 g/mol. The lowest BCUT2D eigenvalue weighted by molar-refractivity contribution is 0.308. The van der Waals surface area contributed by atoms with Gasteiger partial charge in [-0.3, -0.25) is 0 Å². The molecule has 0 amide bonds. The Morgan fingerprint density at radius 2 is 1.89 bits per heavy atom. The van der Waals surface area contributed by atoms with Crippen molar-refractivity contribution in [1.29, 1.82) is 0 Å². The second-order valence-corrected chi connectivity index (χ2v) is 6.54. The summed E-state index contributed by atoms with van der Waals surface area (Å²) in [7, 11) is -4.68. The quantitative estimate of drug-likeness (QED) is 0.790. The lowest BCUT2D eigenvalue weighted by atomic mass is 9.86. The van der Waals surface area contributed by atoms with Gasteiger partial charge in [-0.1, -0.05) is 27.7 Å². The Morgan fingerprint density at radius 3 is 2.33 bits per heavy atom. The lowest BCUT2D eigenvalue weighted by Gasteiger charge is -2.23. The van der Waals surface area contributed by atoms with Crippen LogP contribution in [-0.4, -0.2) is 15.0 Å². The van der Waals surface area contributed by atoms with E-state index in [2.05, 4.69) is 0 Å². The molecule has 0 aliphatic rings. The van der Waals surface area contributed by atoms with E-state index in [0.717, 1.165) is 6.42 Å². The van der Waals surface area contributed by atoms with Crippen LogP contribution in [-0.2, 0) is 15.6 Å². The molecule has 18 heavy (non-hydrogen) atoms. The van der Waals surface area contributed by atoms with Gasteiger partial charge in [-0.05, 0) is 30.0 Å². The number of halogens is 1. The fourth-order valence-electron chi connectivity index (χ4n) is 1.58. The third-order valence-corrected chi connectivity index (χ3v) is 3.32. The maximum Gasteiger partial charge on any atom is 0.332 e. The normalized spacial score (nSPS) is 12.5. The van der Waals surface area contributed by atoms with Gasteiger partial charge in [-0.2, -0.15) is 8.42 Å². The molecule has 0 bridgehead atoms. The van der Waals surface area contributed by atoms with Crippen LogP contribution < -0.4 is 4.74 Å². The molecule has 102 valence electrons. The second-order valence-electron chi connectivity index (χ2n) is 5.19. The minimum Gasteiger partial charge on any atom is -0.493 e.